The van der Waals surface area contributed by atoms with Gasteiger partial charge in [0.25, 0.3) is 0 Å². The van der Waals surface area contributed by atoms with Gasteiger partial charge < -0.3 is 4.98 Å². The van der Waals surface area contributed by atoms with Crippen LogP contribution in [-0.4, -0.2) is 24.5 Å². The number of nitrogens with zero attached hydrogens (tertiary/aromatic N) is 2. The van der Waals surface area contributed by atoms with Crippen molar-refractivity contribution in [2.45, 2.75) is 11.4 Å². The molecule has 0 aliphatic rings. The van der Waals surface area contributed by atoms with Crippen LogP contribution >= 0.6 is 0 Å². The Balaban J connectivity index is 2.06. The molecule has 2 aromatic rings. The molecule has 104 valence electrons. The van der Waals surface area contributed by atoms with Crippen LogP contribution in [0.4, 0.5) is 0 Å². The summed E-state index contributed by atoms with van der Waals surface area (Å²) in [6.45, 7) is 0.302. The molecule has 1 aromatic heterocycles. The smallest absolute Gasteiger partial charge is 0.313 e. The first-order valence-electron chi connectivity index (χ1n) is 5.76. The summed E-state index contributed by atoms with van der Waals surface area (Å²) >= 11 is 0. The molecule has 0 bridgehead atoms. The van der Waals surface area contributed by atoms with E-state index in [4.69, 9.17) is 5.26 Å². The standard InChI is InChI=1S/C12H12N4O3S/c13-9-10-2-1-3-11(8-10)20(18,19)15-5-7-16-6-4-14-12(16)17/h1-4,6,8,15H,5,7H2,(H,14,17). The number of sulfonamides is 1. The Morgan fingerprint density at radius 1 is 1.40 bits per heavy atom. The van der Waals surface area contributed by atoms with Crippen LogP contribution in [0.2, 0.25) is 0 Å². The molecular formula is C12H12N4O3S. The Bertz CT molecular complexity index is 798. The summed E-state index contributed by atoms with van der Waals surface area (Å²) in [6.07, 6.45) is 3.01. The molecule has 1 heterocycles. The molecule has 0 unspecified atom stereocenters. The summed E-state index contributed by atoms with van der Waals surface area (Å²) < 4.78 is 27.7. The van der Waals surface area contributed by atoms with Gasteiger partial charge in [-0.25, -0.2) is 17.9 Å². The lowest BCUT2D eigenvalue weighted by Crippen LogP contribution is -2.30. The fourth-order valence-electron chi connectivity index (χ4n) is 1.64. The van der Waals surface area contributed by atoms with Crippen molar-refractivity contribution < 1.29 is 8.42 Å². The summed E-state index contributed by atoms with van der Waals surface area (Å²) in [5.41, 5.74) is -0.0228. The van der Waals surface area contributed by atoms with Gasteiger partial charge in [-0.15, -0.1) is 0 Å². The molecule has 0 spiro atoms. The lowest BCUT2D eigenvalue weighted by Gasteiger charge is -2.07. The average Bonchev–Trinajstić information content (AvgIpc) is 2.84. The maximum atomic E-state index is 12.0. The molecule has 8 heteroatoms. The zero-order chi connectivity index (χ0) is 14.6. The second-order valence-electron chi connectivity index (χ2n) is 4.00. The molecule has 0 radical (unpaired) electrons. The Morgan fingerprint density at radius 3 is 2.85 bits per heavy atom. The minimum absolute atomic E-state index is 0.0259. The van der Waals surface area contributed by atoms with Crippen molar-refractivity contribution in [2.75, 3.05) is 6.54 Å². The van der Waals surface area contributed by atoms with Crippen LogP contribution in [0.5, 0.6) is 0 Å². The quantitative estimate of drug-likeness (QED) is 0.810. The van der Waals surface area contributed by atoms with E-state index in [1.54, 1.807) is 0 Å². The minimum Gasteiger partial charge on any atom is -0.313 e. The number of nitriles is 1. The molecule has 2 N–H and O–H groups in total. The summed E-state index contributed by atoms with van der Waals surface area (Å²) in [5, 5.41) is 8.75. The van der Waals surface area contributed by atoms with Crippen molar-refractivity contribution >= 4 is 10.0 Å². The summed E-state index contributed by atoms with van der Waals surface area (Å²) in [6, 6.07) is 7.62. The largest absolute Gasteiger partial charge is 0.325 e. The number of nitrogens with one attached hydrogen (secondary N) is 2. The first-order chi connectivity index (χ1) is 9.53. The van der Waals surface area contributed by atoms with Crippen molar-refractivity contribution in [3.8, 4) is 6.07 Å². The molecule has 20 heavy (non-hydrogen) atoms. The number of imidazole rings is 1. The van der Waals surface area contributed by atoms with Crippen molar-refractivity contribution in [1.82, 2.24) is 14.3 Å². The van der Waals surface area contributed by atoms with E-state index in [0.717, 1.165) is 0 Å². The second-order valence-corrected chi connectivity index (χ2v) is 5.76. The van der Waals surface area contributed by atoms with E-state index in [1.165, 1.54) is 41.2 Å². The van der Waals surface area contributed by atoms with E-state index in [0.29, 0.717) is 0 Å². The van der Waals surface area contributed by atoms with Gasteiger partial charge >= 0.3 is 5.69 Å². The molecule has 0 saturated heterocycles. The molecule has 0 fully saturated rings. The molecule has 0 saturated carbocycles. The summed E-state index contributed by atoms with van der Waals surface area (Å²) in [7, 11) is -3.69. The highest BCUT2D eigenvalue weighted by Crippen LogP contribution is 2.10. The lowest BCUT2D eigenvalue weighted by molar-refractivity contribution is 0.570. The minimum atomic E-state index is -3.69. The molecule has 7 nitrogen and oxygen atoms in total. The van der Waals surface area contributed by atoms with E-state index >= 15 is 0 Å². The Labute approximate surface area is 115 Å². The Hall–Kier alpha value is -2.37. The average molecular weight is 292 g/mol. The van der Waals surface area contributed by atoms with E-state index in [1.807, 2.05) is 6.07 Å². The van der Waals surface area contributed by atoms with Gasteiger partial charge in [0.15, 0.2) is 0 Å². The number of aromatic amines is 1. The third-order valence-electron chi connectivity index (χ3n) is 2.64. The zero-order valence-corrected chi connectivity index (χ0v) is 11.2. The first kappa shape index (κ1) is 14.0. The number of rotatable bonds is 5. The van der Waals surface area contributed by atoms with Gasteiger partial charge in [0.1, 0.15) is 0 Å². The van der Waals surface area contributed by atoms with Gasteiger partial charge in [-0.1, -0.05) is 6.07 Å². The Morgan fingerprint density at radius 2 is 2.20 bits per heavy atom. The van der Waals surface area contributed by atoms with Crippen LogP contribution in [0.1, 0.15) is 5.56 Å². The van der Waals surface area contributed by atoms with E-state index < -0.39 is 10.0 Å². The van der Waals surface area contributed by atoms with Crippen LogP contribution in [0.25, 0.3) is 0 Å². The SMILES string of the molecule is N#Cc1cccc(S(=O)(=O)NCCn2cc[nH]c2=O)c1. The fourth-order valence-corrected chi connectivity index (χ4v) is 2.71. The number of H-pyrrole nitrogens is 1. The third kappa shape index (κ3) is 3.14. The van der Waals surface area contributed by atoms with E-state index in [2.05, 4.69) is 9.71 Å². The van der Waals surface area contributed by atoms with Gasteiger partial charge in [0.2, 0.25) is 10.0 Å². The topological polar surface area (TPSA) is 108 Å². The van der Waals surface area contributed by atoms with Gasteiger partial charge in [-0.05, 0) is 18.2 Å². The summed E-state index contributed by atoms with van der Waals surface area (Å²) in [4.78, 5) is 13.7. The van der Waals surface area contributed by atoms with Crippen molar-refractivity contribution in [3.05, 3.63) is 52.7 Å². The predicted molar refractivity (Wildman–Crippen MR) is 71.4 cm³/mol. The lowest BCUT2D eigenvalue weighted by atomic mass is 10.2. The number of hydrogen-bond acceptors (Lipinski definition) is 4. The maximum absolute atomic E-state index is 12.0. The highest BCUT2D eigenvalue weighted by molar-refractivity contribution is 7.89. The third-order valence-corrected chi connectivity index (χ3v) is 4.10. The van der Waals surface area contributed by atoms with Gasteiger partial charge in [-0.2, -0.15) is 5.26 Å². The van der Waals surface area contributed by atoms with Crippen molar-refractivity contribution in [2.24, 2.45) is 0 Å². The molecule has 0 atom stereocenters. The highest BCUT2D eigenvalue weighted by atomic mass is 32.2. The molecule has 0 aliphatic heterocycles. The number of hydrogen-bond donors (Lipinski definition) is 2. The number of benzene rings is 1. The van der Waals surface area contributed by atoms with Crippen molar-refractivity contribution in [3.63, 3.8) is 0 Å². The first-order valence-corrected chi connectivity index (χ1v) is 7.25. The zero-order valence-electron chi connectivity index (χ0n) is 10.4. The van der Waals surface area contributed by atoms with Crippen LogP contribution < -0.4 is 10.4 Å². The van der Waals surface area contributed by atoms with Gasteiger partial charge in [0.05, 0.1) is 16.5 Å². The highest BCUT2D eigenvalue weighted by Gasteiger charge is 2.13. The van der Waals surface area contributed by atoms with Crippen LogP contribution in [-0.2, 0) is 16.6 Å². The van der Waals surface area contributed by atoms with Crippen LogP contribution in [0.3, 0.4) is 0 Å². The van der Waals surface area contributed by atoms with Crippen molar-refractivity contribution in [1.29, 1.82) is 5.26 Å². The second kappa shape index (κ2) is 5.73. The van der Waals surface area contributed by atoms with Gasteiger partial charge in [-0.3, -0.25) is 4.57 Å². The normalized spacial score (nSPS) is 11.2. The number of aromatic nitrogens is 2. The predicted octanol–water partition coefficient (Wildman–Crippen LogP) is 0.0266. The maximum Gasteiger partial charge on any atom is 0.325 e. The fraction of sp³-hybridized carbons (Fsp3) is 0.167. The van der Waals surface area contributed by atoms with Crippen LogP contribution in [0.15, 0.2) is 46.3 Å². The molecule has 0 amide bonds. The van der Waals surface area contributed by atoms with E-state index in [9.17, 15) is 13.2 Å². The van der Waals surface area contributed by atoms with E-state index in [-0.39, 0.29) is 29.2 Å². The molecule has 2 rings (SSSR count). The molecule has 0 aliphatic carbocycles. The Kier molecular flexibility index (Phi) is 4.02. The summed E-state index contributed by atoms with van der Waals surface area (Å²) in [5.74, 6) is 0. The monoisotopic (exact) mass is 292 g/mol. The molecule has 1 aromatic carbocycles. The molecular weight excluding hydrogens is 280 g/mol. The van der Waals surface area contributed by atoms with Gasteiger partial charge in [0, 0.05) is 25.5 Å². The van der Waals surface area contributed by atoms with Crippen LogP contribution in [0, 0.1) is 11.3 Å².